The largest absolute Gasteiger partial charge is 0.495 e. The van der Waals surface area contributed by atoms with Gasteiger partial charge in [-0.15, -0.1) is 11.8 Å². The maximum Gasteiger partial charge on any atom is 0.243 e. The molecule has 0 unspecified atom stereocenters. The standard InChI is InChI=1S/C21H27N3O6S3/c1-23(32(26,27)17-8-6-16(31-3)7-9-17)15-21(25)22-19-14-18(10-11-20(19)30-2)33(28,29)24-12-4-5-13-24/h6-11,14H,4-5,12-13,15H2,1-3H3,(H,22,25). The minimum atomic E-state index is -3.88. The fourth-order valence-electron chi connectivity index (χ4n) is 3.43. The van der Waals surface area contributed by atoms with E-state index < -0.39 is 32.5 Å². The number of benzene rings is 2. The molecule has 0 aromatic heterocycles. The summed E-state index contributed by atoms with van der Waals surface area (Å²) in [6, 6.07) is 10.6. The lowest BCUT2D eigenvalue weighted by molar-refractivity contribution is -0.116. The number of hydrogen-bond acceptors (Lipinski definition) is 7. The summed E-state index contributed by atoms with van der Waals surface area (Å²) in [5.74, 6) is -0.363. The second-order valence-corrected chi connectivity index (χ2v) is 12.3. The molecular formula is C21H27N3O6S3. The fourth-order valence-corrected chi connectivity index (χ4v) is 6.51. The first kappa shape index (κ1) is 25.5. The number of sulfonamides is 2. The van der Waals surface area contributed by atoms with Gasteiger partial charge in [0.25, 0.3) is 0 Å². The van der Waals surface area contributed by atoms with Crippen LogP contribution >= 0.6 is 11.8 Å². The molecule has 0 spiro atoms. The molecule has 1 N–H and O–H groups in total. The molecule has 1 heterocycles. The summed E-state index contributed by atoms with van der Waals surface area (Å²) in [6.45, 7) is 0.451. The smallest absolute Gasteiger partial charge is 0.243 e. The summed E-state index contributed by atoms with van der Waals surface area (Å²) < 4.78 is 58.9. The van der Waals surface area contributed by atoms with Gasteiger partial charge in [0, 0.05) is 25.0 Å². The Morgan fingerprint density at radius 2 is 1.67 bits per heavy atom. The van der Waals surface area contributed by atoms with Crippen molar-refractivity contribution in [2.45, 2.75) is 27.5 Å². The summed E-state index contributed by atoms with van der Waals surface area (Å²) in [4.78, 5) is 13.7. The summed E-state index contributed by atoms with van der Waals surface area (Å²) in [5.41, 5.74) is 0.151. The van der Waals surface area contributed by atoms with E-state index in [-0.39, 0.29) is 21.2 Å². The molecule has 0 radical (unpaired) electrons. The Bertz CT molecular complexity index is 1210. The number of carbonyl (C=O) groups is 1. The molecule has 33 heavy (non-hydrogen) atoms. The Morgan fingerprint density at radius 3 is 2.24 bits per heavy atom. The molecular weight excluding hydrogens is 486 g/mol. The Kier molecular flexibility index (Phi) is 8.06. The van der Waals surface area contributed by atoms with Crippen LogP contribution in [-0.2, 0) is 24.8 Å². The van der Waals surface area contributed by atoms with E-state index in [0.717, 1.165) is 22.0 Å². The van der Waals surface area contributed by atoms with E-state index in [4.69, 9.17) is 4.74 Å². The van der Waals surface area contributed by atoms with Crippen LogP contribution in [0.4, 0.5) is 5.69 Å². The minimum absolute atomic E-state index is 0.0374. The van der Waals surface area contributed by atoms with Crippen LogP contribution in [0.1, 0.15) is 12.8 Å². The van der Waals surface area contributed by atoms with Crippen molar-refractivity contribution in [1.29, 1.82) is 0 Å². The number of hydrogen-bond donors (Lipinski definition) is 1. The highest BCUT2D eigenvalue weighted by Crippen LogP contribution is 2.30. The third-order valence-corrected chi connectivity index (χ3v) is 9.74. The molecule has 0 atom stereocenters. The van der Waals surface area contributed by atoms with Gasteiger partial charge in [0.05, 0.1) is 29.1 Å². The van der Waals surface area contributed by atoms with Gasteiger partial charge in [0.1, 0.15) is 5.75 Å². The van der Waals surface area contributed by atoms with Crippen molar-refractivity contribution in [3.63, 3.8) is 0 Å². The zero-order valence-corrected chi connectivity index (χ0v) is 21.1. The minimum Gasteiger partial charge on any atom is -0.495 e. The van der Waals surface area contributed by atoms with Crippen molar-refractivity contribution in [1.82, 2.24) is 8.61 Å². The van der Waals surface area contributed by atoms with E-state index in [2.05, 4.69) is 5.32 Å². The summed E-state index contributed by atoms with van der Waals surface area (Å²) >= 11 is 1.49. The van der Waals surface area contributed by atoms with Gasteiger partial charge in [0.15, 0.2) is 0 Å². The quantitative estimate of drug-likeness (QED) is 0.513. The molecule has 0 saturated carbocycles. The van der Waals surface area contributed by atoms with Gasteiger partial charge in [-0.25, -0.2) is 16.8 Å². The van der Waals surface area contributed by atoms with Crippen molar-refractivity contribution in [3.8, 4) is 5.75 Å². The van der Waals surface area contributed by atoms with Crippen LogP contribution in [0, 0.1) is 0 Å². The number of ether oxygens (including phenoxy) is 1. The third kappa shape index (κ3) is 5.69. The van der Waals surface area contributed by atoms with Gasteiger partial charge in [0.2, 0.25) is 26.0 Å². The monoisotopic (exact) mass is 513 g/mol. The highest BCUT2D eigenvalue weighted by Gasteiger charge is 2.28. The summed E-state index contributed by atoms with van der Waals surface area (Å²) in [6.07, 6.45) is 3.50. The topological polar surface area (TPSA) is 113 Å². The van der Waals surface area contributed by atoms with Crippen LogP contribution in [0.3, 0.4) is 0 Å². The summed E-state index contributed by atoms with van der Waals surface area (Å²) in [5, 5.41) is 2.58. The van der Waals surface area contributed by atoms with Crippen LogP contribution in [0.2, 0.25) is 0 Å². The van der Waals surface area contributed by atoms with E-state index in [0.29, 0.717) is 13.1 Å². The molecule has 1 amide bonds. The molecule has 2 aromatic rings. The second-order valence-electron chi connectivity index (χ2n) is 7.46. The maximum atomic E-state index is 12.9. The van der Waals surface area contributed by atoms with E-state index in [1.165, 1.54) is 60.6 Å². The van der Waals surface area contributed by atoms with Crippen LogP contribution in [-0.4, -0.2) is 71.4 Å². The molecule has 12 heteroatoms. The van der Waals surface area contributed by atoms with Crippen LogP contribution < -0.4 is 10.1 Å². The van der Waals surface area contributed by atoms with Gasteiger partial charge in [-0.05, 0) is 61.6 Å². The average Bonchev–Trinajstić information content (AvgIpc) is 3.35. The van der Waals surface area contributed by atoms with Crippen LogP contribution in [0.5, 0.6) is 5.75 Å². The maximum absolute atomic E-state index is 12.9. The van der Waals surface area contributed by atoms with Gasteiger partial charge < -0.3 is 10.1 Å². The highest BCUT2D eigenvalue weighted by atomic mass is 32.2. The molecule has 1 aliphatic heterocycles. The highest BCUT2D eigenvalue weighted by molar-refractivity contribution is 7.98. The van der Waals surface area contributed by atoms with Crippen molar-refractivity contribution in [3.05, 3.63) is 42.5 Å². The number of thioether (sulfide) groups is 1. The van der Waals surface area contributed by atoms with Crippen LogP contribution in [0.25, 0.3) is 0 Å². The lowest BCUT2D eigenvalue weighted by atomic mass is 10.3. The number of rotatable bonds is 9. The third-order valence-electron chi connectivity index (χ3n) is 5.28. The first-order valence-electron chi connectivity index (χ1n) is 10.2. The number of nitrogens with one attached hydrogen (secondary N) is 1. The van der Waals surface area contributed by atoms with E-state index >= 15 is 0 Å². The molecule has 3 rings (SSSR count). The van der Waals surface area contributed by atoms with Gasteiger partial charge in [-0.1, -0.05) is 0 Å². The molecule has 9 nitrogen and oxygen atoms in total. The predicted molar refractivity (Wildman–Crippen MR) is 128 cm³/mol. The molecule has 0 aliphatic carbocycles. The van der Waals surface area contributed by atoms with E-state index in [1.54, 1.807) is 12.1 Å². The molecule has 1 saturated heterocycles. The number of likely N-dealkylation sites (N-methyl/N-ethyl adjacent to an activating group) is 1. The first-order chi connectivity index (χ1) is 15.6. The number of amides is 1. The van der Waals surface area contributed by atoms with Crippen LogP contribution in [0.15, 0.2) is 57.2 Å². The number of methoxy groups -OCH3 is 1. The fraction of sp³-hybridized carbons (Fsp3) is 0.381. The van der Waals surface area contributed by atoms with Gasteiger partial charge in [-0.2, -0.15) is 8.61 Å². The number of anilines is 1. The van der Waals surface area contributed by atoms with Gasteiger partial charge >= 0.3 is 0 Å². The van der Waals surface area contributed by atoms with Crippen molar-refractivity contribution in [2.75, 3.05) is 45.4 Å². The zero-order chi connectivity index (χ0) is 24.2. The molecule has 2 aromatic carbocycles. The van der Waals surface area contributed by atoms with Gasteiger partial charge in [-0.3, -0.25) is 4.79 Å². The number of carbonyl (C=O) groups excluding carboxylic acids is 1. The number of nitrogens with zero attached hydrogens (tertiary/aromatic N) is 2. The lowest BCUT2D eigenvalue weighted by Crippen LogP contribution is -2.35. The lowest BCUT2D eigenvalue weighted by Gasteiger charge is -2.19. The molecule has 180 valence electrons. The second kappa shape index (κ2) is 10.4. The molecule has 1 aliphatic rings. The predicted octanol–water partition coefficient (Wildman–Crippen LogP) is 2.46. The zero-order valence-electron chi connectivity index (χ0n) is 18.6. The Labute approximate surface area is 199 Å². The average molecular weight is 514 g/mol. The Hall–Kier alpha value is -2.12. The first-order valence-corrected chi connectivity index (χ1v) is 14.3. The van der Waals surface area contributed by atoms with Crippen molar-refractivity contribution in [2.24, 2.45) is 0 Å². The van der Waals surface area contributed by atoms with E-state index in [1.807, 2.05) is 6.26 Å². The normalized spacial score (nSPS) is 15.0. The molecule has 1 fully saturated rings. The summed E-state index contributed by atoms with van der Waals surface area (Å²) in [7, 11) is -4.87. The molecule has 0 bridgehead atoms. The Morgan fingerprint density at radius 1 is 1.06 bits per heavy atom. The van der Waals surface area contributed by atoms with E-state index in [9.17, 15) is 21.6 Å². The Balaban J connectivity index is 1.77. The SMILES string of the molecule is COc1ccc(S(=O)(=O)N2CCCC2)cc1NC(=O)CN(C)S(=O)(=O)c1ccc(SC)cc1. The van der Waals surface area contributed by atoms with Crippen molar-refractivity contribution >= 4 is 43.4 Å². The van der Waals surface area contributed by atoms with Crippen molar-refractivity contribution < 1.29 is 26.4 Å².